The van der Waals surface area contributed by atoms with E-state index in [9.17, 15) is 9.59 Å². The van der Waals surface area contributed by atoms with Gasteiger partial charge in [0.15, 0.2) is 0 Å². The molecule has 3 aromatic rings. The lowest BCUT2D eigenvalue weighted by Crippen LogP contribution is -2.32. The molecule has 3 aromatic carbocycles. The highest BCUT2D eigenvalue weighted by atomic mass is 16.5. The van der Waals surface area contributed by atoms with E-state index in [1.807, 2.05) is 87.5 Å². The van der Waals surface area contributed by atoms with E-state index in [0.29, 0.717) is 35.1 Å². The Morgan fingerprint density at radius 2 is 1.47 bits per heavy atom. The average Bonchev–Trinajstić information content (AvgIpc) is 3.03. The van der Waals surface area contributed by atoms with Crippen molar-refractivity contribution < 1.29 is 14.3 Å². The summed E-state index contributed by atoms with van der Waals surface area (Å²) in [6.45, 7) is 10.7. The summed E-state index contributed by atoms with van der Waals surface area (Å²) < 4.78 is 5.55. The van der Waals surface area contributed by atoms with Crippen LogP contribution in [0.2, 0.25) is 0 Å². The van der Waals surface area contributed by atoms with E-state index in [-0.39, 0.29) is 17.5 Å². The van der Waals surface area contributed by atoms with E-state index in [4.69, 9.17) is 4.74 Å². The van der Waals surface area contributed by atoms with Crippen molar-refractivity contribution in [1.29, 1.82) is 0 Å². The summed E-state index contributed by atoms with van der Waals surface area (Å²) in [7, 11) is 0. The van der Waals surface area contributed by atoms with Crippen LogP contribution in [0.25, 0.3) is 5.57 Å². The van der Waals surface area contributed by atoms with Gasteiger partial charge in [0.1, 0.15) is 11.4 Å². The summed E-state index contributed by atoms with van der Waals surface area (Å²) in [5.41, 5.74) is 5.79. The van der Waals surface area contributed by atoms with Gasteiger partial charge in [0.25, 0.3) is 11.8 Å². The standard InChI is InChI=1S/C29H30N2O3/c1-6-34-25-13-9-22(10-14-25)26-27(30-23-11-7-21(8-12-23)18(2)3)29(33)31(28(26)32)24-16-19(4)15-20(5)17-24/h7-18,30H,6H2,1-5H3. The van der Waals surface area contributed by atoms with Gasteiger partial charge in [-0.1, -0.05) is 44.2 Å². The molecule has 0 atom stereocenters. The fraction of sp³-hybridized carbons (Fsp3) is 0.241. The Balaban J connectivity index is 1.78. The van der Waals surface area contributed by atoms with Crippen molar-refractivity contribution in [3.05, 3.63) is 94.7 Å². The Hall–Kier alpha value is -3.86. The molecular formula is C29H30N2O3. The molecule has 5 nitrogen and oxygen atoms in total. The van der Waals surface area contributed by atoms with Gasteiger partial charge in [-0.2, -0.15) is 0 Å². The molecule has 1 heterocycles. The van der Waals surface area contributed by atoms with Gasteiger partial charge in [0.05, 0.1) is 17.9 Å². The molecule has 2 amide bonds. The molecule has 34 heavy (non-hydrogen) atoms. The maximum atomic E-state index is 13.7. The summed E-state index contributed by atoms with van der Waals surface area (Å²) in [5.74, 6) is 0.406. The maximum Gasteiger partial charge on any atom is 0.282 e. The number of nitrogens with one attached hydrogen (secondary N) is 1. The van der Waals surface area contributed by atoms with Crippen molar-refractivity contribution in [3.63, 3.8) is 0 Å². The van der Waals surface area contributed by atoms with Gasteiger partial charge < -0.3 is 10.1 Å². The first-order chi connectivity index (χ1) is 16.3. The molecule has 0 aliphatic carbocycles. The van der Waals surface area contributed by atoms with Crippen LogP contribution in [0.4, 0.5) is 11.4 Å². The lowest BCUT2D eigenvalue weighted by Gasteiger charge is -2.17. The van der Waals surface area contributed by atoms with Gasteiger partial charge in [-0.3, -0.25) is 9.59 Å². The molecule has 0 saturated heterocycles. The molecule has 4 rings (SSSR count). The first-order valence-corrected chi connectivity index (χ1v) is 11.6. The van der Waals surface area contributed by atoms with Crippen LogP contribution < -0.4 is 15.0 Å². The van der Waals surface area contributed by atoms with E-state index in [0.717, 1.165) is 16.8 Å². The van der Waals surface area contributed by atoms with Crippen molar-refractivity contribution in [3.8, 4) is 5.75 Å². The van der Waals surface area contributed by atoms with Gasteiger partial charge in [0, 0.05) is 5.69 Å². The Morgan fingerprint density at radius 1 is 0.853 bits per heavy atom. The van der Waals surface area contributed by atoms with Crippen LogP contribution in [0, 0.1) is 13.8 Å². The van der Waals surface area contributed by atoms with Crippen molar-refractivity contribution in [2.45, 2.75) is 40.5 Å². The predicted molar refractivity (Wildman–Crippen MR) is 137 cm³/mol. The van der Waals surface area contributed by atoms with Gasteiger partial charge >= 0.3 is 0 Å². The first kappa shape index (κ1) is 23.3. The molecule has 1 aliphatic rings. The second-order valence-corrected chi connectivity index (χ2v) is 8.90. The molecule has 1 aliphatic heterocycles. The number of aryl methyl sites for hydroxylation is 2. The predicted octanol–water partition coefficient (Wildman–Crippen LogP) is 6.22. The molecular weight excluding hydrogens is 424 g/mol. The van der Waals surface area contributed by atoms with Crippen molar-refractivity contribution in [2.75, 3.05) is 16.8 Å². The Labute approximate surface area is 201 Å². The largest absolute Gasteiger partial charge is 0.494 e. The van der Waals surface area contributed by atoms with Crippen molar-refractivity contribution in [1.82, 2.24) is 0 Å². The Bertz CT molecular complexity index is 1240. The Kier molecular flexibility index (Phi) is 6.55. The van der Waals surface area contributed by atoms with E-state index in [1.54, 1.807) is 0 Å². The molecule has 5 heteroatoms. The summed E-state index contributed by atoms with van der Waals surface area (Å²) in [4.78, 5) is 28.6. The SMILES string of the molecule is CCOc1ccc(C2=C(Nc3ccc(C(C)C)cc3)C(=O)N(c3cc(C)cc(C)c3)C2=O)cc1. The summed E-state index contributed by atoms with van der Waals surface area (Å²) in [6, 6.07) is 21.0. The minimum atomic E-state index is -0.369. The first-order valence-electron chi connectivity index (χ1n) is 11.6. The topological polar surface area (TPSA) is 58.6 Å². The van der Waals surface area contributed by atoms with Crippen molar-refractivity contribution in [2.24, 2.45) is 0 Å². The van der Waals surface area contributed by atoms with E-state index in [2.05, 4.69) is 19.2 Å². The highest BCUT2D eigenvalue weighted by Crippen LogP contribution is 2.35. The summed E-state index contributed by atoms with van der Waals surface area (Å²) in [5, 5.41) is 3.24. The zero-order chi connectivity index (χ0) is 24.4. The fourth-order valence-electron chi connectivity index (χ4n) is 4.21. The maximum absolute atomic E-state index is 13.7. The minimum Gasteiger partial charge on any atom is -0.494 e. The number of anilines is 2. The number of benzene rings is 3. The number of nitrogens with zero attached hydrogens (tertiary/aromatic N) is 1. The third kappa shape index (κ3) is 4.60. The molecule has 0 aromatic heterocycles. The number of imide groups is 1. The zero-order valence-electron chi connectivity index (χ0n) is 20.3. The number of rotatable bonds is 7. The quantitative estimate of drug-likeness (QED) is 0.431. The molecule has 0 unspecified atom stereocenters. The number of carbonyl (C=O) groups is 2. The molecule has 0 bridgehead atoms. The third-order valence-corrected chi connectivity index (χ3v) is 5.85. The normalized spacial score (nSPS) is 13.8. The second-order valence-electron chi connectivity index (χ2n) is 8.90. The Morgan fingerprint density at radius 3 is 2.03 bits per heavy atom. The molecule has 0 spiro atoms. The van der Waals surface area contributed by atoms with E-state index >= 15 is 0 Å². The van der Waals surface area contributed by atoms with Gasteiger partial charge in [-0.25, -0.2) is 4.90 Å². The number of amides is 2. The number of hydrogen-bond donors (Lipinski definition) is 1. The zero-order valence-corrected chi connectivity index (χ0v) is 20.3. The lowest BCUT2D eigenvalue weighted by molar-refractivity contribution is -0.120. The molecule has 174 valence electrons. The third-order valence-electron chi connectivity index (χ3n) is 5.85. The van der Waals surface area contributed by atoms with Crippen LogP contribution in [0.15, 0.2) is 72.4 Å². The van der Waals surface area contributed by atoms with E-state index in [1.165, 1.54) is 10.5 Å². The van der Waals surface area contributed by atoms with Crippen LogP contribution in [-0.2, 0) is 9.59 Å². The number of carbonyl (C=O) groups excluding carboxylic acids is 2. The monoisotopic (exact) mass is 454 g/mol. The molecule has 0 radical (unpaired) electrons. The summed E-state index contributed by atoms with van der Waals surface area (Å²) in [6.07, 6.45) is 0. The van der Waals surface area contributed by atoms with Gasteiger partial charge in [0.2, 0.25) is 0 Å². The van der Waals surface area contributed by atoms with Crippen LogP contribution in [0.3, 0.4) is 0 Å². The highest BCUT2D eigenvalue weighted by molar-refractivity contribution is 6.46. The van der Waals surface area contributed by atoms with Crippen LogP contribution in [-0.4, -0.2) is 18.4 Å². The van der Waals surface area contributed by atoms with Gasteiger partial charge in [-0.15, -0.1) is 0 Å². The fourth-order valence-corrected chi connectivity index (χ4v) is 4.21. The highest BCUT2D eigenvalue weighted by Gasteiger charge is 2.40. The minimum absolute atomic E-state index is 0.269. The average molecular weight is 455 g/mol. The molecule has 1 N–H and O–H groups in total. The van der Waals surface area contributed by atoms with Crippen LogP contribution in [0.1, 0.15) is 48.9 Å². The van der Waals surface area contributed by atoms with Crippen molar-refractivity contribution >= 4 is 28.8 Å². The number of hydrogen-bond acceptors (Lipinski definition) is 4. The second kappa shape index (κ2) is 9.56. The number of ether oxygens (including phenoxy) is 1. The van der Waals surface area contributed by atoms with Crippen LogP contribution >= 0.6 is 0 Å². The van der Waals surface area contributed by atoms with E-state index < -0.39 is 0 Å². The van der Waals surface area contributed by atoms with Gasteiger partial charge in [-0.05, 0) is 85.3 Å². The molecule has 0 fully saturated rings. The molecule has 0 saturated carbocycles. The summed E-state index contributed by atoms with van der Waals surface area (Å²) >= 11 is 0. The lowest BCUT2D eigenvalue weighted by atomic mass is 10.0. The smallest absolute Gasteiger partial charge is 0.282 e. The van der Waals surface area contributed by atoms with Crippen LogP contribution in [0.5, 0.6) is 5.75 Å².